The van der Waals surface area contributed by atoms with Crippen LogP contribution in [0.2, 0.25) is 0 Å². The topological polar surface area (TPSA) is 0 Å². The van der Waals surface area contributed by atoms with Crippen LogP contribution in [0.3, 0.4) is 0 Å². The molecule has 108 valence electrons. The van der Waals surface area contributed by atoms with E-state index in [0.717, 1.165) is 5.56 Å². The van der Waals surface area contributed by atoms with E-state index in [-0.39, 0.29) is 0 Å². The molecule has 0 aliphatic carbocycles. The summed E-state index contributed by atoms with van der Waals surface area (Å²) in [4.78, 5) is 0. The summed E-state index contributed by atoms with van der Waals surface area (Å²) in [6.45, 7) is 0. The van der Waals surface area contributed by atoms with Gasteiger partial charge in [0.25, 0.3) is 0 Å². The van der Waals surface area contributed by atoms with Crippen LogP contribution in [0.1, 0.15) is 11.1 Å². The molecule has 1 heterocycles. The predicted molar refractivity (Wildman–Crippen MR) is 98.7 cm³/mol. The molecule has 0 aliphatic rings. The Balaban J connectivity index is 1.92. The number of fused-ring (bicyclic) bond motifs is 1. The van der Waals surface area contributed by atoms with Gasteiger partial charge in [0.15, 0.2) is 0 Å². The minimum absolute atomic E-state index is 0.318. The second kappa shape index (κ2) is 6.31. The van der Waals surface area contributed by atoms with Crippen LogP contribution in [-0.4, -0.2) is 14.5 Å². The average Bonchev–Trinajstić information content (AvgIpc) is 3.00. The van der Waals surface area contributed by atoms with Gasteiger partial charge in [0.2, 0.25) is 0 Å². The van der Waals surface area contributed by atoms with Crippen molar-refractivity contribution in [3.05, 3.63) is 96.1 Å². The van der Waals surface area contributed by atoms with Gasteiger partial charge in [-0.05, 0) is 0 Å². The second-order valence-electron chi connectivity index (χ2n) is 5.28. The van der Waals surface area contributed by atoms with Gasteiger partial charge >= 0.3 is 142 Å². The average molecular weight is 357 g/mol. The van der Waals surface area contributed by atoms with Gasteiger partial charge in [0.1, 0.15) is 0 Å². The van der Waals surface area contributed by atoms with Crippen LogP contribution >= 0.6 is 0 Å². The molecule has 0 unspecified atom stereocenters. The summed E-state index contributed by atoms with van der Waals surface area (Å²) in [6.07, 6.45) is 0. The molecule has 1 heteroatoms. The van der Waals surface area contributed by atoms with E-state index < -0.39 is 0 Å². The molecule has 0 fully saturated rings. The quantitative estimate of drug-likeness (QED) is 0.334. The fourth-order valence-electron chi connectivity index (χ4n) is 2.62. The van der Waals surface area contributed by atoms with Crippen LogP contribution < -0.4 is 0 Å². The van der Waals surface area contributed by atoms with E-state index in [1.54, 1.807) is 0 Å². The van der Waals surface area contributed by atoms with Crippen molar-refractivity contribution < 1.29 is 0 Å². The third kappa shape index (κ3) is 2.88. The maximum atomic E-state index is 3.45. The first kappa shape index (κ1) is 14.1. The molecule has 0 nitrogen and oxygen atoms in total. The summed E-state index contributed by atoms with van der Waals surface area (Å²) < 4.78 is 2.82. The van der Waals surface area contributed by atoms with Gasteiger partial charge in [-0.25, -0.2) is 0 Å². The molecule has 4 aromatic rings. The molecule has 4 rings (SSSR count). The number of rotatable bonds is 1. The Morgan fingerprint density at radius 1 is 0.609 bits per heavy atom. The van der Waals surface area contributed by atoms with E-state index in [1.165, 1.54) is 25.2 Å². The molecule has 0 saturated heterocycles. The van der Waals surface area contributed by atoms with E-state index in [1.807, 2.05) is 18.2 Å². The number of benzene rings is 3. The van der Waals surface area contributed by atoms with Crippen LogP contribution in [0.4, 0.5) is 0 Å². The van der Waals surface area contributed by atoms with Crippen LogP contribution in [0.15, 0.2) is 84.9 Å². The summed E-state index contributed by atoms with van der Waals surface area (Å²) >= 11 is 0.318. The van der Waals surface area contributed by atoms with E-state index in [0.29, 0.717) is 14.5 Å². The van der Waals surface area contributed by atoms with Gasteiger partial charge in [0.05, 0.1) is 0 Å². The molecule has 3 aromatic carbocycles. The van der Waals surface area contributed by atoms with Gasteiger partial charge in [-0.3, -0.25) is 0 Å². The van der Waals surface area contributed by atoms with Gasteiger partial charge < -0.3 is 0 Å². The molecule has 0 atom stereocenters. The molecule has 0 spiro atoms. The van der Waals surface area contributed by atoms with Gasteiger partial charge in [-0.2, -0.15) is 0 Å². The third-order valence-corrected chi connectivity index (χ3v) is 6.30. The van der Waals surface area contributed by atoms with Crippen molar-refractivity contribution in [2.75, 3.05) is 0 Å². The first-order valence-electron chi connectivity index (χ1n) is 7.56. The van der Waals surface area contributed by atoms with Crippen LogP contribution in [0.5, 0.6) is 0 Å². The molecule has 23 heavy (non-hydrogen) atoms. The van der Waals surface area contributed by atoms with E-state index in [2.05, 4.69) is 78.6 Å². The molecular formula is C22H14Se. The second-order valence-corrected chi connectivity index (χ2v) is 7.49. The van der Waals surface area contributed by atoms with Crippen molar-refractivity contribution in [1.82, 2.24) is 0 Å². The van der Waals surface area contributed by atoms with Crippen molar-refractivity contribution in [3.8, 4) is 21.8 Å². The maximum absolute atomic E-state index is 3.45. The van der Waals surface area contributed by atoms with Gasteiger partial charge in [-0.15, -0.1) is 0 Å². The Morgan fingerprint density at radius 2 is 1.26 bits per heavy atom. The third-order valence-electron chi connectivity index (χ3n) is 3.74. The fourth-order valence-corrected chi connectivity index (χ4v) is 5.06. The monoisotopic (exact) mass is 358 g/mol. The molecule has 0 radical (unpaired) electrons. The van der Waals surface area contributed by atoms with E-state index in [9.17, 15) is 0 Å². The Hall–Kier alpha value is -2.52. The van der Waals surface area contributed by atoms with Crippen molar-refractivity contribution in [2.45, 2.75) is 0 Å². The molecule has 1 aromatic heterocycles. The first-order chi connectivity index (χ1) is 11.4. The van der Waals surface area contributed by atoms with Crippen molar-refractivity contribution in [2.24, 2.45) is 0 Å². The van der Waals surface area contributed by atoms with Gasteiger partial charge in [0, 0.05) is 0 Å². The molecule has 0 bridgehead atoms. The van der Waals surface area contributed by atoms with Gasteiger partial charge in [-0.1, -0.05) is 0 Å². The molecular weight excluding hydrogens is 343 g/mol. The summed E-state index contributed by atoms with van der Waals surface area (Å²) in [5.74, 6) is 6.78. The summed E-state index contributed by atoms with van der Waals surface area (Å²) in [6, 6.07) is 29.5. The summed E-state index contributed by atoms with van der Waals surface area (Å²) in [5, 5.41) is 1.30. The van der Waals surface area contributed by atoms with Crippen molar-refractivity contribution in [1.29, 1.82) is 0 Å². The Kier molecular flexibility index (Phi) is 3.86. The Morgan fingerprint density at radius 3 is 2.04 bits per heavy atom. The molecule has 0 N–H and O–H groups in total. The zero-order valence-electron chi connectivity index (χ0n) is 12.5. The van der Waals surface area contributed by atoms with Crippen LogP contribution in [0.25, 0.3) is 19.6 Å². The fraction of sp³-hybridized carbons (Fsp3) is 0. The number of hydrogen-bond acceptors (Lipinski definition) is 0. The van der Waals surface area contributed by atoms with E-state index in [4.69, 9.17) is 0 Å². The number of hydrogen-bond donors (Lipinski definition) is 0. The van der Waals surface area contributed by atoms with E-state index >= 15 is 0 Å². The van der Waals surface area contributed by atoms with Crippen LogP contribution in [0, 0.1) is 11.8 Å². The standard InChI is InChI=1S/C22H14Se/c1-3-9-17(10-4-1)15-16-20-19-13-7-8-14-21(19)23-22(20)18-11-5-2-6-12-18/h1-14H. The van der Waals surface area contributed by atoms with Crippen LogP contribution in [-0.2, 0) is 0 Å². The first-order valence-corrected chi connectivity index (χ1v) is 9.27. The minimum atomic E-state index is 0.318. The zero-order valence-corrected chi connectivity index (χ0v) is 14.2. The van der Waals surface area contributed by atoms with Crippen molar-refractivity contribution >= 4 is 24.1 Å². The Labute approximate surface area is 142 Å². The summed E-state index contributed by atoms with van der Waals surface area (Å²) in [7, 11) is 0. The summed E-state index contributed by atoms with van der Waals surface area (Å²) in [5.41, 5.74) is 3.54. The molecule has 0 saturated carbocycles. The normalized spacial score (nSPS) is 10.3. The molecule has 0 amide bonds. The predicted octanol–water partition coefficient (Wildman–Crippen LogP) is 4.96. The SMILES string of the molecule is C(#Cc1c(-c2ccccc2)[se]c2ccccc12)c1ccccc1. The zero-order chi connectivity index (χ0) is 15.5. The molecule has 0 aliphatic heterocycles. The van der Waals surface area contributed by atoms with Crippen molar-refractivity contribution in [3.63, 3.8) is 0 Å². The Bertz CT molecular complexity index is 999.